The molecule has 1 fully saturated rings. The van der Waals surface area contributed by atoms with Crippen LogP contribution in [-0.4, -0.2) is 18.8 Å². The van der Waals surface area contributed by atoms with Gasteiger partial charge in [0.1, 0.15) is 5.75 Å². The summed E-state index contributed by atoms with van der Waals surface area (Å²) in [6.45, 7) is 2.17. The van der Waals surface area contributed by atoms with Gasteiger partial charge in [-0.1, -0.05) is 18.2 Å². The van der Waals surface area contributed by atoms with Crippen molar-refractivity contribution in [3.8, 4) is 5.75 Å². The lowest BCUT2D eigenvalue weighted by atomic mass is 10.1. The molecule has 19 heavy (non-hydrogen) atoms. The highest BCUT2D eigenvalue weighted by Crippen LogP contribution is 2.27. The van der Waals surface area contributed by atoms with E-state index in [0.29, 0.717) is 18.3 Å². The number of rotatable bonds is 6. The maximum atomic E-state index is 12.1. The zero-order valence-corrected chi connectivity index (χ0v) is 10.9. The summed E-state index contributed by atoms with van der Waals surface area (Å²) < 4.78 is 41.7. The molecule has 1 aliphatic rings. The zero-order valence-electron chi connectivity index (χ0n) is 10.9. The van der Waals surface area contributed by atoms with Crippen LogP contribution < -0.4 is 10.1 Å². The highest BCUT2D eigenvalue weighted by Gasteiger charge is 2.27. The number of halogens is 3. The number of hydrogen-bond acceptors (Lipinski definition) is 2. The van der Waals surface area contributed by atoms with E-state index in [9.17, 15) is 13.2 Å². The fourth-order valence-electron chi connectivity index (χ4n) is 1.87. The van der Waals surface area contributed by atoms with Crippen LogP contribution in [0.15, 0.2) is 18.2 Å². The van der Waals surface area contributed by atoms with E-state index in [-0.39, 0.29) is 6.61 Å². The van der Waals surface area contributed by atoms with Gasteiger partial charge in [0.15, 0.2) is 0 Å². The van der Waals surface area contributed by atoms with Crippen LogP contribution in [0.25, 0.3) is 0 Å². The lowest BCUT2D eigenvalue weighted by Crippen LogP contribution is -2.17. The van der Waals surface area contributed by atoms with E-state index in [1.165, 1.54) is 12.8 Å². The van der Waals surface area contributed by atoms with Gasteiger partial charge in [-0.3, -0.25) is 0 Å². The first kappa shape index (κ1) is 14.2. The van der Waals surface area contributed by atoms with Crippen LogP contribution in [0, 0.1) is 6.92 Å². The molecule has 0 heterocycles. The van der Waals surface area contributed by atoms with Gasteiger partial charge in [0.05, 0.1) is 13.0 Å². The van der Waals surface area contributed by atoms with Crippen molar-refractivity contribution in [3.05, 3.63) is 29.3 Å². The topological polar surface area (TPSA) is 21.3 Å². The van der Waals surface area contributed by atoms with E-state index in [4.69, 9.17) is 4.74 Å². The minimum Gasteiger partial charge on any atom is -0.493 e. The second-order valence-corrected chi connectivity index (χ2v) is 4.93. The summed E-state index contributed by atoms with van der Waals surface area (Å²) in [5, 5.41) is 3.34. The van der Waals surface area contributed by atoms with Gasteiger partial charge in [-0.05, 0) is 25.3 Å². The maximum absolute atomic E-state index is 12.1. The monoisotopic (exact) mass is 273 g/mol. The lowest BCUT2D eigenvalue weighted by molar-refractivity contribution is -0.139. The summed E-state index contributed by atoms with van der Waals surface area (Å²) >= 11 is 0. The van der Waals surface area contributed by atoms with Gasteiger partial charge in [0.2, 0.25) is 0 Å². The van der Waals surface area contributed by atoms with Crippen LogP contribution in [0.5, 0.6) is 5.75 Å². The largest absolute Gasteiger partial charge is 0.493 e. The van der Waals surface area contributed by atoms with Gasteiger partial charge in [-0.2, -0.15) is 13.2 Å². The van der Waals surface area contributed by atoms with Crippen molar-refractivity contribution in [2.45, 2.75) is 44.9 Å². The van der Waals surface area contributed by atoms with Crippen molar-refractivity contribution < 1.29 is 17.9 Å². The molecule has 106 valence electrons. The molecule has 1 aromatic carbocycles. The molecule has 0 radical (unpaired) electrons. The minimum absolute atomic E-state index is 0.329. The van der Waals surface area contributed by atoms with Crippen LogP contribution in [0.2, 0.25) is 0 Å². The first-order valence-electron chi connectivity index (χ1n) is 6.47. The van der Waals surface area contributed by atoms with Crippen LogP contribution >= 0.6 is 0 Å². The molecule has 1 saturated carbocycles. The summed E-state index contributed by atoms with van der Waals surface area (Å²) in [5.41, 5.74) is 1.80. The Labute approximate surface area is 111 Å². The smallest absolute Gasteiger partial charge is 0.392 e. The second-order valence-electron chi connectivity index (χ2n) is 4.93. The maximum Gasteiger partial charge on any atom is 0.392 e. The minimum atomic E-state index is -4.17. The molecule has 0 spiro atoms. The molecule has 5 heteroatoms. The summed E-state index contributed by atoms with van der Waals surface area (Å²) in [5.74, 6) is 0.583. The molecule has 0 aliphatic heterocycles. The van der Waals surface area contributed by atoms with Gasteiger partial charge in [0.25, 0.3) is 0 Å². The third-order valence-electron chi connectivity index (χ3n) is 3.08. The number of ether oxygens (including phenoxy) is 1. The van der Waals surface area contributed by atoms with Crippen molar-refractivity contribution >= 4 is 0 Å². The molecule has 2 nitrogen and oxygen atoms in total. The Morgan fingerprint density at radius 3 is 2.68 bits per heavy atom. The molecule has 0 unspecified atom stereocenters. The van der Waals surface area contributed by atoms with Gasteiger partial charge >= 0.3 is 6.18 Å². The van der Waals surface area contributed by atoms with Crippen LogP contribution in [0.1, 0.15) is 30.4 Å². The molecular formula is C14H18F3NO. The molecular weight excluding hydrogens is 255 g/mol. The van der Waals surface area contributed by atoms with E-state index in [1.807, 2.05) is 25.1 Å². The Balaban J connectivity index is 1.95. The molecule has 0 bridgehead atoms. The number of aryl methyl sites for hydroxylation is 1. The fraction of sp³-hybridized carbons (Fsp3) is 0.571. The number of para-hydroxylation sites is 1. The molecule has 1 aromatic rings. The quantitative estimate of drug-likeness (QED) is 0.855. The van der Waals surface area contributed by atoms with Crippen molar-refractivity contribution in [1.29, 1.82) is 0 Å². The molecule has 0 atom stereocenters. The molecule has 0 aromatic heterocycles. The molecule has 0 amide bonds. The standard InChI is InChI=1S/C14H18F3NO/c1-10-3-2-4-11(9-18-12-5-6-12)13(10)19-8-7-14(15,16)17/h2-4,12,18H,5-9H2,1H3. The van der Waals surface area contributed by atoms with Crippen LogP contribution in [0.3, 0.4) is 0 Å². The molecule has 0 saturated heterocycles. The van der Waals surface area contributed by atoms with Crippen molar-refractivity contribution in [2.75, 3.05) is 6.61 Å². The highest BCUT2D eigenvalue weighted by molar-refractivity contribution is 5.40. The van der Waals surface area contributed by atoms with Crippen molar-refractivity contribution in [3.63, 3.8) is 0 Å². The third-order valence-corrected chi connectivity index (χ3v) is 3.08. The number of hydrogen-bond donors (Lipinski definition) is 1. The Kier molecular flexibility index (Phi) is 4.34. The van der Waals surface area contributed by atoms with E-state index >= 15 is 0 Å². The molecule has 2 rings (SSSR count). The van der Waals surface area contributed by atoms with Crippen molar-refractivity contribution in [1.82, 2.24) is 5.32 Å². The second kappa shape index (κ2) is 5.82. The summed E-state index contributed by atoms with van der Waals surface area (Å²) in [6, 6.07) is 6.20. The fourth-order valence-corrected chi connectivity index (χ4v) is 1.87. The summed E-state index contributed by atoms with van der Waals surface area (Å²) in [6.07, 6.45) is -2.74. The van der Waals surface area contributed by atoms with Crippen LogP contribution in [-0.2, 0) is 6.54 Å². The average Bonchev–Trinajstić information content (AvgIpc) is 3.11. The first-order chi connectivity index (χ1) is 8.96. The Morgan fingerprint density at radius 2 is 2.05 bits per heavy atom. The summed E-state index contributed by atoms with van der Waals surface area (Å²) in [7, 11) is 0. The average molecular weight is 273 g/mol. The molecule has 1 N–H and O–H groups in total. The predicted molar refractivity (Wildman–Crippen MR) is 67.2 cm³/mol. The summed E-state index contributed by atoms with van der Waals surface area (Å²) in [4.78, 5) is 0. The number of nitrogens with one attached hydrogen (secondary N) is 1. The van der Waals surface area contributed by atoms with Crippen molar-refractivity contribution in [2.24, 2.45) is 0 Å². The van der Waals surface area contributed by atoms with Gasteiger partial charge in [0, 0.05) is 18.2 Å². The third kappa shape index (κ3) is 4.74. The van der Waals surface area contributed by atoms with E-state index in [1.54, 1.807) is 0 Å². The number of alkyl halides is 3. The first-order valence-corrected chi connectivity index (χ1v) is 6.47. The molecule has 1 aliphatic carbocycles. The van der Waals surface area contributed by atoms with E-state index < -0.39 is 12.6 Å². The van der Waals surface area contributed by atoms with Gasteiger partial charge in [-0.15, -0.1) is 0 Å². The van der Waals surface area contributed by atoms with Gasteiger partial charge < -0.3 is 10.1 Å². The zero-order chi connectivity index (χ0) is 13.9. The van der Waals surface area contributed by atoms with E-state index in [2.05, 4.69) is 5.32 Å². The van der Waals surface area contributed by atoms with Crippen LogP contribution in [0.4, 0.5) is 13.2 Å². The SMILES string of the molecule is Cc1cccc(CNC2CC2)c1OCCC(F)(F)F. The Hall–Kier alpha value is -1.23. The Morgan fingerprint density at radius 1 is 1.32 bits per heavy atom. The highest BCUT2D eigenvalue weighted by atomic mass is 19.4. The van der Waals surface area contributed by atoms with Gasteiger partial charge in [-0.25, -0.2) is 0 Å². The Bertz CT molecular complexity index is 427. The lowest BCUT2D eigenvalue weighted by Gasteiger charge is -2.15. The van der Waals surface area contributed by atoms with E-state index in [0.717, 1.165) is 11.1 Å². The number of benzene rings is 1. The normalized spacial score (nSPS) is 15.6. The predicted octanol–water partition coefficient (Wildman–Crippen LogP) is 3.58.